The molecule has 25 heavy (non-hydrogen) atoms. The van der Waals surface area contributed by atoms with Crippen LogP contribution in [-0.4, -0.2) is 23.7 Å². The topological polar surface area (TPSA) is 41.9 Å². The molecule has 0 bridgehead atoms. The van der Waals surface area contributed by atoms with Crippen LogP contribution in [-0.2, 0) is 0 Å². The average Bonchev–Trinajstić information content (AvgIpc) is 3.42. The van der Waals surface area contributed by atoms with E-state index >= 15 is 0 Å². The van der Waals surface area contributed by atoms with Crippen molar-refractivity contribution in [3.63, 3.8) is 0 Å². The summed E-state index contributed by atoms with van der Waals surface area (Å²) in [7, 11) is 1.65. The van der Waals surface area contributed by atoms with E-state index in [9.17, 15) is 4.79 Å². The first-order chi connectivity index (χ1) is 12.3. The van der Waals surface area contributed by atoms with Crippen molar-refractivity contribution >= 4 is 34.3 Å². The van der Waals surface area contributed by atoms with Crippen LogP contribution in [0.5, 0.6) is 5.75 Å². The molecule has 0 fully saturated rings. The number of nitrogens with zero attached hydrogens (tertiary/aromatic N) is 2. The third-order valence-electron chi connectivity index (χ3n) is 4.12. The Morgan fingerprint density at radius 3 is 2.72 bits per heavy atom. The maximum absolute atomic E-state index is 12.9. The first kappa shape index (κ1) is 16.1. The van der Waals surface area contributed by atoms with E-state index in [0.29, 0.717) is 11.3 Å². The molecule has 6 heteroatoms. The van der Waals surface area contributed by atoms with Crippen LogP contribution in [0.25, 0.3) is 0 Å². The van der Waals surface area contributed by atoms with Gasteiger partial charge in [0.15, 0.2) is 0 Å². The maximum atomic E-state index is 12.9. The quantitative estimate of drug-likeness (QED) is 0.663. The number of hydrogen-bond acceptors (Lipinski definition) is 5. The fourth-order valence-corrected chi connectivity index (χ4v) is 4.36. The van der Waals surface area contributed by atoms with Gasteiger partial charge in [-0.15, -0.1) is 22.7 Å². The molecule has 126 valence electrons. The van der Waals surface area contributed by atoms with Crippen molar-refractivity contribution in [1.82, 2.24) is 5.01 Å². The molecule has 4 nitrogen and oxygen atoms in total. The number of carbonyl (C=O) groups excluding carboxylic acids is 1. The zero-order chi connectivity index (χ0) is 17.2. The zero-order valence-electron chi connectivity index (χ0n) is 13.6. The summed E-state index contributed by atoms with van der Waals surface area (Å²) in [6.07, 6.45) is 0.699. The second-order valence-electron chi connectivity index (χ2n) is 5.64. The number of benzene rings is 1. The van der Waals surface area contributed by atoms with Crippen LogP contribution in [0.4, 0.5) is 0 Å². The molecule has 4 rings (SSSR count). The summed E-state index contributed by atoms with van der Waals surface area (Å²) in [5, 5.41) is 10.3. The van der Waals surface area contributed by atoms with Gasteiger partial charge >= 0.3 is 0 Å². The predicted molar refractivity (Wildman–Crippen MR) is 102 cm³/mol. The Morgan fingerprint density at radius 1 is 1.16 bits per heavy atom. The van der Waals surface area contributed by atoms with Crippen molar-refractivity contribution in [3.8, 4) is 5.75 Å². The minimum absolute atomic E-state index is 0.0497. The molecule has 3 aromatic rings. The summed E-state index contributed by atoms with van der Waals surface area (Å²) >= 11 is 3.10. The molecule has 0 N–H and O–H groups in total. The monoisotopic (exact) mass is 368 g/mol. The Kier molecular flexibility index (Phi) is 4.38. The molecule has 1 amide bonds. The SMILES string of the molecule is COc1cccc(C2=NN(C(=O)c3cccs3)C(c3cccs3)C2)c1. The van der Waals surface area contributed by atoms with Crippen LogP contribution >= 0.6 is 22.7 Å². The van der Waals surface area contributed by atoms with E-state index in [-0.39, 0.29) is 11.9 Å². The smallest absolute Gasteiger partial charge is 0.284 e. The molecule has 2 aromatic heterocycles. The highest BCUT2D eigenvalue weighted by Crippen LogP contribution is 2.36. The minimum atomic E-state index is -0.0594. The van der Waals surface area contributed by atoms with Gasteiger partial charge in [0, 0.05) is 16.9 Å². The number of methoxy groups -OCH3 is 1. The van der Waals surface area contributed by atoms with Gasteiger partial charge in [-0.3, -0.25) is 4.79 Å². The number of rotatable bonds is 4. The largest absolute Gasteiger partial charge is 0.497 e. The van der Waals surface area contributed by atoms with E-state index in [4.69, 9.17) is 4.74 Å². The minimum Gasteiger partial charge on any atom is -0.497 e. The lowest BCUT2D eigenvalue weighted by atomic mass is 10.0. The first-order valence-electron chi connectivity index (χ1n) is 7.88. The first-order valence-corrected chi connectivity index (χ1v) is 9.64. The van der Waals surface area contributed by atoms with Gasteiger partial charge in [0.05, 0.1) is 23.7 Å². The van der Waals surface area contributed by atoms with Gasteiger partial charge in [0.2, 0.25) is 0 Å². The summed E-state index contributed by atoms with van der Waals surface area (Å²) in [4.78, 5) is 14.8. The third kappa shape index (κ3) is 3.10. The predicted octanol–water partition coefficient (Wildman–Crippen LogP) is 4.81. The molecule has 0 saturated heterocycles. The van der Waals surface area contributed by atoms with Crippen LogP contribution in [0.2, 0.25) is 0 Å². The third-order valence-corrected chi connectivity index (χ3v) is 5.96. The maximum Gasteiger partial charge on any atom is 0.284 e. The highest BCUT2D eigenvalue weighted by Gasteiger charge is 2.34. The van der Waals surface area contributed by atoms with E-state index in [1.165, 1.54) is 11.3 Å². The number of ether oxygens (including phenoxy) is 1. The molecular weight excluding hydrogens is 352 g/mol. The van der Waals surface area contributed by atoms with E-state index in [0.717, 1.165) is 21.9 Å². The molecule has 1 aromatic carbocycles. The van der Waals surface area contributed by atoms with Gasteiger partial charge in [-0.25, -0.2) is 5.01 Å². The summed E-state index contributed by atoms with van der Waals surface area (Å²) in [5.41, 5.74) is 1.89. The van der Waals surface area contributed by atoms with Gasteiger partial charge in [-0.2, -0.15) is 5.10 Å². The summed E-state index contributed by atoms with van der Waals surface area (Å²) in [6.45, 7) is 0. The van der Waals surface area contributed by atoms with E-state index in [1.54, 1.807) is 23.5 Å². The fraction of sp³-hybridized carbons (Fsp3) is 0.158. The van der Waals surface area contributed by atoms with Gasteiger partial charge in [-0.1, -0.05) is 24.3 Å². The molecular formula is C19H16N2O2S2. The molecule has 0 saturated carbocycles. The van der Waals surface area contributed by atoms with Crippen molar-refractivity contribution < 1.29 is 9.53 Å². The van der Waals surface area contributed by atoms with Gasteiger partial charge in [0.25, 0.3) is 5.91 Å². The lowest BCUT2D eigenvalue weighted by Crippen LogP contribution is -2.25. The summed E-state index contributed by atoms with van der Waals surface area (Å²) < 4.78 is 5.31. The van der Waals surface area contributed by atoms with E-state index in [1.807, 2.05) is 53.2 Å². The molecule has 1 atom stereocenters. The summed E-state index contributed by atoms with van der Waals surface area (Å²) in [6, 6.07) is 15.6. The Labute approximate surface area is 154 Å². The van der Waals surface area contributed by atoms with Crippen LogP contribution in [0.1, 0.15) is 32.6 Å². The van der Waals surface area contributed by atoms with Gasteiger partial charge < -0.3 is 4.74 Å². The van der Waals surface area contributed by atoms with Crippen molar-refractivity contribution in [3.05, 3.63) is 74.6 Å². The standard InChI is InChI=1S/C19H16N2O2S2/c1-23-14-6-2-5-13(11-14)15-12-16(17-7-3-9-24-17)21(20-15)19(22)18-8-4-10-25-18/h2-11,16H,12H2,1H3. The highest BCUT2D eigenvalue weighted by molar-refractivity contribution is 7.12. The van der Waals surface area contributed by atoms with Crippen LogP contribution in [0.3, 0.4) is 0 Å². The van der Waals surface area contributed by atoms with Crippen molar-refractivity contribution in [1.29, 1.82) is 0 Å². The molecule has 1 aliphatic heterocycles. The molecule has 1 unspecified atom stereocenters. The van der Waals surface area contributed by atoms with Crippen LogP contribution in [0.15, 0.2) is 64.4 Å². The van der Waals surface area contributed by atoms with E-state index < -0.39 is 0 Å². The molecule has 0 radical (unpaired) electrons. The Hall–Kier alpha value is -2.44. The zero-order valence-corrected chi connectivity index (χ0v) is 15.2. The number of carbonyl (C=O) groups is 1. The Morgan fingerprint density at radius 2 is 2.00 bits per heavy atom. The normalized spacial score (nSPS) is 16.8. The molecule has 1 aliphatic rings. The lowest BCUT2D eigenvalue weighted by Gasteiger charge is -2.19. The number of thiophene rings is 2. The molecule has 0 aliphatic carbocycles. The van der Waals surface area contributed by atoms with Crippen molar-refractivity contribution in [2.24, 2.45) is 5.10 Å². The number of amides is 1. The second kappa shape index (κ2) is 6.82. The molecule has 0 spiro atoms. The van der Waals surface area contributed by atoms with Gasteiger partial charge in [-0.05, 0) is 35.0 Å². The number of hydrogen-bond donors (Lipinski definition) is 0. The second-order valence-corrected chi connectivity index (χ2v) is 7.57. The highest BCUT2D eigenvalue weighted by atomic mass is 32.1. The van der Waals surface area contributed by atoms with Crippen molar-refractivity contribution in [2.75, 3.05) is 7.11 Å². The fourth-order valence-electron chi connectivity index (χ4n) is 2.89. The molecule has 3 heterocycles. The summed E-state index contributed by atoms with van der Waals surface area (Å²) in [5.74, 6) is 0.738. The average molecular weight is 368 g/mol. The Bertz CT molecular complexity index is 901. The van der Waals surface area contributed by atoms with Gasteiger partial charge in [0.1, 0.15) is 5.75 Å². The van der Waals surface area contributed by atoms with E-state index in [2.05, 4.69) is 11.2 Å². The van der Waals surface area contributed by atoms with Crippen LogP contribution in [0, 0.1) is 0 Å². The Balaban J connectivity index is 1.71. The number of hydrazone groups is 1. The van der Waals surface area contributed by atoms with Crippen molar-refractivity contribution in [2.45, 2.75) is 12.5 Å². The lowest BCUT2D eigenvalue weighted by molar-refractivity contribution is 0.0719. The van der Waals surface area contributed by atoms with Crippen LogP contribution < -0.4 is 4.74 Å².